The third kappa shape index (κ3) is 1.83. The van der Waals surface area contributed by atoms with E-state index in [4.69, 9.17) is 0 Å². The van der Waals surface area contributed by atoms with Gasteiger partial charge >= 0.3 is 6.18 Å². The van der Waals surface area contributed by atoms with E-state index in [0.29, 0.717) is 0 Å². The van der Waals surface area contributed by atoms with Gasteiger partial charge in [-0.25, -0.2) is 13.2 Å². The minimum absolute atomic E-state index is 0.120. The Morgan fingerprint density at radius 2 is 1.39 bits per heavy atom. The lowest BCUT2D eigenvalue weighted by molar-refractivity contribution is -0.241. The summed E-state index contributed by atoms with van der Waals surface area (Å²) < 4.78 is 80.4. The van der Waals surface area contributed by atoms with Crippen LogP contribution < -0.4 is 0 Å². The molecule has 4 aliphatic rings. The lowest BCUT2D eigenvalue weighted by atomic mass is 9.47. The molecular weight excluding hydrogens is 258 g/mol. The third-order valence-corrected chi connectivity index (χ3v) is 4.80. The van der Waals surface area contributed by atoms with Crippen molar-refractivity contribution in [1.29, 1.82) is 0 Å². The largest absolute Gasteiger partial charge is 0.389 e. The highest BCUT2D eigenvalue weighted by atomic mass is 19.4. The highest BCUT2D eigenvalue weighted by molar-refractivity contribution is 5.19. The fourth-order valence-electron chi connectivity index (χ4n) is 4.68. The van der Waals surface area contributed by atoms with E-state index < -0.39 is 54.3 Å². The molecule has 0 radical (unpaired) electrons. The van der Waals surface area contributed by atoms with Crippen LogP contribution in [-0.2, 0) is 0 Å². The predicted molar refractivity (Wildman–Crippen MR) is 52.3 cm³/mol. The van der Waals surface area contributed by atoms with E-state index in [9.17, 15) is 26.3 Å². The third-order valence-electron chi connectivity index (χ3n) is 4.80. The van der Waals surface area contributed by atoms with Crippen molar-refractivity contribution < 1.29 is 26.3 Å². The lowest BCUT2D eigenvalue weighted by Gasteiger charge is -2.61. The molecule has 4 saturated carbocycles. The molecule has 4 fully saturated rings. The van der Waals surface area contributed by atoms with Crippen molar-refractivity contribution in [2.75, 3.05) is 0 Å². The molecule has 6 heteroatoms. The molecule has 0 heterocycles. The van der Waals surface area contributed by atoms with Gasteiger partial charge in [0.15, 0.2) is 0 Å². The van der Waals surface area contributed by atoms with Crippen molar-refractivity contribution in [2.24, 2.45) is 11.8 Å². The van der Waals surface area contributed by atoms with Crippen LogP contribution in [0.1, 0.15) is 38.5 Å². The van der Waals surface area contributed by atoms with E-state index >= 15 is 0 Å². The van der Waals surface area contributed by atoms with Crippen LogP contribution in [0.4, 0.5) is 26.3 Å². The van der Waals surface area contributed by atoms with E-state index in [1.165, 1.54) is 0 Å². The fraction of sp³-hybridized carbons (Fsp3) is 1.00. The average molecular weight is 272 g/mol. The van der Waals surface area contributed by atoms with Crippen LogP contribution in [0.2, 0.25) is 0 Å². The Hall–Kier alpha value is -0.420. The van der Waals surface area contributed by atoms with E-state index in [2.05, 4.69) is 0 Å². The van der Waals surface area contributed by atoms with Gasteiger partial charge in [0.1, 0.15) is 17.0 Å². The maximum absolute atomic E-state index is 14.6. The Kier molecular flexibility index (Phi) is 2.23. The first-order valence-corrected chi connectivity index (χ1v) is 6.16. The zero-order valence-electron chi connectivity index (χ0n) is 9.67. The molecule has 3 atom stereocenters. The van der Waals surface area contributed by atoms with Crippen LogP contribution in [0.3, 0.4) is 0 Å². The molecule has 0 spiro atoms. The van der Waals surface area contributed by atoms with Crippen molar-refractivity contribution in [3.05, 3.63) is 0 Å². The number of alkyl halides is 6. The Labute approximate surface area is 101 Å². The van der Waals surface area contributed by atoms with Crippen LogP contribution >= 0.6 is 0 Å². The smallest absolute Gasteiger partial charge is 0.244 e. The Morgan fingerprint density at radius 3 is 1.78 bits per heavy atom. The van der Waals surface area contributed by atoms with E-state index in [1.54, 1.807) is 0 Å². The number of hydrogen-bond donors (Lipinski definition) is 0. The summed E-state index contributed by atoms with van der Waals surface area (Å²) in [6.07, 6.45) is -7.46. The van der Waals surface area contributed by atoms with E-state index in [0.717, 1.165) is 0 Å². The molecule has 4 aliphatic carbocycles. The predicted octanol–water partition coefficient (Wildman–Crippen LogP) is 4.29. The Morgan fingerprint density at radius 1 is 0.889 bits per heavy atom. The van der Waals surface area contributed by atoms with Gasteiger partial charge in [0, 0.05) is 31.6 Å². The van der Waals surface area contributed by atoms with Gasteiger partial charge in [0.2, 0.25) is 0 Å². The van der Waals surface area contributed by atoms with Gasteiger partial charge < -0.3 is 0 Å². The summed E-state index contributed by atoms with van der Waals surface area (Å²) in [7, 11) is 0. The van der Waals surface area contributed by atoms with Crippen molar-refractivity contribution in [1.82, 2.24) is 0 Å². The van der Waals surface area contributed by atoms with Gasteiger partial charge in [-0.1, -0.05) is 0 Å². The molecule has 0 aromatic heterocycles. The summed E-state index contributed by atoms with van der Waals surface area (Å²) in [6.45, 7) is 0. The SMILES string of the molecule is FC(F)(F)C[C@@H]1C2C[C@@]3(F)CC1(F)C[C@](F)(C2)C3. The maximum Gasteiger partial charge on any atom is 0.389 e. The van der Waals surface area contributed by atoms with Crippen molar-refractivity contribution in [3.8, 4) is 0 Å². The summed E-state index contributed by atoms with van der Waals surface area (Å²) in [4.78, 5) is 0. The van der Waals surface area contributed by atoms with Crippen LogP contribution in [0.5, 0.6) is 0 Å². The molecule has 0 unspecified atom stereocenters. The standard InChI is InChI=1S/C12H14F6/c13-9-1-7-2-10(14,4-9)6-11(15,5-9)8(7)3-12(16,17)18/h7-8H,1-6H2/t7?,8-,9+,10+,11?/m1/s1. The normalized spacial score (nSPS) is 55.0. The monoisotopic (exact) mass is 272 g/mol. The van der Waals surface area contributed by atoms with Crippen molar-refractivity contribution in [3.63, 3.8) is 0 Å². The fourth-order valence-corrected chi connectivity index (χ4v) is 4.68. The highest BCUT2D eigenvalue weighted by Gasteiger charge is 2.70. The summed E-state index contributed by atoms with van der Waals surface area (Å²) >= 11 is 0. The highest BCUT2D eigenvalue weighted by Crippen LogP contribution is 2.66. The van der Waals surface area contributed by atoms with Crippen molar-refractivity contribution >= 4 is 0 Å². The van der Waals surface area contributed by atoms with Gasteiger partial charge in [0.25, 0.3) is 0 Å². The summed E-state index contributed by atoms with van der Waals surface area (Å²) in [6, 6.07) is 0. The molecule has 0 N–H and O–H groups in total. The Balaban J connectivity index is 1.92. The van der Waals surface area contributed by atoms with Crippen LogP contribution in [-0.4, -0.2) is 23.2 Å². The second-order valence-electron chi connectivity index (χ2n) is 6.46. The van der Waals surface area contributed by atoms with Crippen LogP contribution in [0.15, 0.2) is 0 Å². The van der Waals surface area contributed by atoms with Crippen LogP contribution in [0, 0.1) is 11.8 Å². The lowest BCUT2D eigenvalue weighted by Crippen LogP contribution is -2.66. The second-order valence-corrected chi connectivity index (χ2v) is 6.46. The summed E-state index contributed by atoms with van der Waals surface area (Å²) in [5.41, 5.74) is -6.20. The zero-order valence-corrected chi connectivity index (χ0v) is 9.67. The first-order valence-electron chi connectivity index (χ1n) is 6.16. The van der Waals surface area contributed by atoms with E-state index in [-0.39, 0.29) is 19.3 Å². The average Bonchev–Trinajstić information content (AvgIpc) is 2.04. The summed E-state index contributed by atoms with van der Waals surface area (Å²) in [5, 5.41) is 0. The van der Waals surface area contributed by atoms with Gasteiger partial charge in [-0.15, -0.1) is 0 Å². The van der Waals surface area contributed by atoms with Gasteiger partial charge in [0.05, 0.1) is 0 Å². The minimum atomic E-state index is -4.48. The van der Waals surface area contributed by atoms with Crippen molar-refractivity contribution in [2.45, 2.75) is 61.7 Å². The quantitative estimate of drug-likeness (QED) is 0.625. The first kappa shape index (κ1) is 12.6. The number of rotatable bonds is 1. The molecular formula is C12H14F6. The number of hydrogen-bond acceptors (Lipinski definition) is 0. The topological polar surface area (TPSA) is 0 Å². The number of halogens is 6. The second kappa shape index (κ2) is 3.18. The van der Waals surface area contributed by atoms with Gasteiger partial charge in [-0.3, -0.25) is 0 Å². The molecule has 0 saturated heterocycles. The molecule has 0 nitrogen and oxygen atoms in total. The van der Waals surface area contributed by atoms with E-state index in [1.807, 2.05) is 0 Å². The molecule has 4 bridgehead atoms. The Bertz CT molecular complexity index is 357. The van der Waals surface area contributed by atoms with Crippen LogP contribution in [0.25, 0.3) is 0 Å². The molecule has 18 heavy (non-hydrogen) atoms. The van der Waals surface area contributed by atoms with Gasteiger partial charge in [-0.2, -0.15) is 13.2 Å². The minimum Gasteiger partial charge on any atom is -0.244 e. The first-order chi connectivity index (χ1) is 8.03. The molecule has 4 rings (SSSR count). The molecule has 0 aromatic carbocycles. The molecule has 104 valence electrons. The maximum atomic E-state index is 14.6. The molecule has 0 amide bonds. The molecule has 0 aliphatic heterocycles. The molecule has 0 aromatic rings. The zero-order chi connectivity index (χ0) is 13.4. The van der Waals surface area contributed by atoms with Gasteiger partial charge in [-0.05, 0) is 18.8 Å². The summed E-state index contributed by atoms with van der Waals surface area (Å²) in [5.74, 6) is -2.09.